The maximum atomic E-state index is 13.3. The van der Waals surface area contributed by atoms with Gasteiger partial charge in [-0.2, -0.15) is 10.1 Å². The molecular weight excluding hydrogens is 611 g/mol. The summed E-state index contributed by atoms with van der Waals surface area (Å²) in [5.41, 5.74) is 1.08. The molecular formula is C30H38Cl2N6O6. The molecule has 0 aliphatic carbocycles. The van der Waals surface area contributed by atoms with Gasteiger partial charge in [0.05, 0.1) is 22.5 Å². The standard InChI is InChI=1S/C30H38Cl2N6O6/c1-5-33(6-2)13-15-35-19-37(25-11-9-21(31)17-23(25)27(35)39)43-29(41)30(42)44-38-20-36(16-14-34(7-3)8-4)28(40)24-18-22(32)10-12-26(24)38/h9-12,17-18H,5-8,13-16,19-20H2,1-4H3. The number of benzene rings is 2. The third kappa shape index (κ3) is 7.55. The third-order valence-electron chi connectivity index (χ3n) is 7.80. The van der Waals surface area contributed by atoms with Crippen molar-refractivity contribution in [1.82, 2.24) is 19.6 Å². The predicted molar refractivity (Wildman–Crippen MR) is 167 cm³/mol. The summed E-state index contributed by atoms with van der Waals surface area (Å²) in [6.45, 7) is 13.2. The van der Waals surface area contributed by atoms with Gasteiger partial charge in [0, 0.05) is 36.2 Å². The fourth-order valence-electron chi connectivity index (χ4n) is 5.10. The highest BCUT2D eigenvalue weighted by Gasteiger charge is 2.36. The van der Waals surface area contributed by atoms with Crippen molar-refractivity contribution in [2.45, 2.75) is 27.7 Å². The van der Waals surface area contributed by atoms with Crippen molar-refractivity contribution in [3.63, 3.8) is 0 Å². The zero-order valence-electron chi connectivity index (χ0n) is 25.4. The Balaban J connectivity index is 1.51. The molecule has 2 heterocycles. The summed E-state index contributed by atoms with van der Waals surface area (Å²) in [7, 11) is 0. The van der Waals surface area contributed by atoms with Gasteiger partial charge in [0.15, 0.2) is 0 Å². The highest BCUT2D eigenvalue weighted by molar-refractivity contribution is 6.32. The molecule has 0 fully saturated rings. The van der Waals surface area contributed by atoms with Crippen LogP contribution in [0, 0.1) is 0 Å². The van der Waals surface area contributed by atoms with Gasteiger partial charge in [-0.3, -0.25) is 9.59 Å². The van der Waals surface area contributed by atoms with Crippen LogP contribution in [0.1, 0.15) is 48.4 Å². The Kier molecular flexibility index (Phi) is 11.3. The lowest BCUT2D eigenvalue weighted by atomic mass is 10.1. The van der Waals surface area contributed by atoms with Crippen LogP contribution in [-0.4, -0.2) is 109 Å². The van der Waals surface area contributed by atoms with Crippen molar-refractivity contribution < 1.29 is 28.9 Å². The van der Waals surface area contributed by atoms with Crippen LogP contribution in [-0.2, 0) is 19.3 Å². The number of carbonyl (C=O) groups excluding carboxylic acids is 4. The molecule has 0 radical (unpaired) electrons. The van der Waals surface area contributed by atoms with Crippen LogP contribution in [0.5, 0.6) is 0 Å². The minimum Gasteiger partial charge on any atom is -0.328 e. The first kappa shape index (κ1) is 33.3. The van der Waals surface area contributed by atoms with E-state index in [1.165, 1.54) is 32.1 Å². The number of hydrogen-bond donors (Lipinski definition) is 0. The number of carbonyl (C=O) groups is 4. The molecule has 0 saturated carbocycles. The van der Waals surface area contributed by atoms with E-state index in [1.54, 1.807) is 24.3 Å². The van der Waals surface area contributed by atoms with E-state index < -0.39 is 11.9 Å². The van der Waals surface area contributed by atoms with Gasteiger partial charge in [0.25, 0.3) is 11.8 Å². The molecule has 0 spiro atoms. The summed E-state index contributed by atoms with van der Waals surface area (Å²) in [4.78, 5) is 71.1. The maximum absolute atomic E-state index is 13.3. The van der Waals surface area contributed by atoms with E-state index in [4.69, 9.17) is 32.9 Å². The lowest BCUT2D eigenvalue weighted by Gasteiger charge is -2.38. The second-order valence-electron chi connectivity index (χ2n) is 10.3. The molecule has 2 aliphatic heterocycles. The summed E-state index contributed by atoms with van der Waals surface area (Å²) in [5, 5.41) is 3.06. The Hall–Kier alpha value is -3.58. The molecule has 0 bridgehead atoms. The monoisotopic (exact) mass is 648 g/mol. The van der Waals surface area contributed by atoms with Crippen molar-refractivity contribution in [3.8, 4) is 0 Å². The van der Waals surface area contributed by atoms with Crippen molar-refractivity contribution >= 4 is 58.3 Å². The number of amides is 2. The van der Waals surface area contributed by atoms with Crippen LogP contribution in [0.25, 0.3) is 0 Å². The molecule has 0 unspecified atom stereocenters. The quantitative estimate of drug-likeness (QED) is 0.316. The summed E-state index contributed by atoms with van der Waals surface area (Å²) in [6.07, 6.45) is 0. The van der Waals surface area contributed by atoms with Crippen LogP contribution < -0.4 is 10.1 Å². The van der Waals surface area contributed by atoms with Crippen LogP contribution in [0.3, 0.4) is 0 Å². The van der Waals surface area contributed by atoms with E-state index in [9.17, 15) is 19.2 Å². The normalized spacial score (nSPS) is 14.7. The van der Waals surface area contributed by atoms with E-state index in [0.29, 0.717) is 47.6 Å². The number of likely N-dealkylation sites (N-methyl/N-ethyl adjacent to an activating group) is 2. The van der Waals surface area contributed by atoms with E-state index in [1.807, 2.05) is 27.7 Å². The summed E-state index contributed by atoms with van der Waals surface area (Å²) < 4.78 is 0. The molecule has 12 nitrogen and oxygen atoms in total. The minimum absolute atomic E-state index is 0.0908. The lowest BCUT2D eigenvalue weighted by molar-refractivity contribution is -0.170. The number of nitrogens with zero attached hydrogens (tertiary/aromatic N) is 6. The molecule has 238 valence electrons. The van der Waals surface area contributed by atoms with Gasteiger partial charge in [-0.25, -0.2) is 9.59 Å². The van der Waals surface area contributed by atoms with Crippen LogP contribution >= 0.6 is 23.2 Å². The summed E-state index contributed by atoms with van der Waals surface area (Å²) >= 11 is 12.4. The lowest BCUT2D eigenvalue weighted by Crippen LogP contribution is -2.52. The Morgan fingerprint density at radius 1 is 0.682 bits per heavy atom. The maximum Gasteiger partial charge on any atom is 0.444 e. The highest BCUT2D eigenvalue weighted by atomic mass is 35.5. The largest absolute Gasteiger partial charge is 0.444 e. The Morgan fingerprint density at radius 2 is 1.05 bits per heavy atom. The topological polar surface area (TPSA) is 106 Å². The van der Waals surface area contributed by atoms with Crippen molar-refractivity contribution in [2.24, 2.45) is 0 Å². The third-order valence-corrected chi connectivity index (χ3v) is 8.27. The smallest absolute Gasteiger partial charge is 0.328 e. The molecule has 0 atom stereocenters. The molecule has 0 saturated heterocycles. The number of hydroxylamine groups is 2. The molecule has 2 aromatic carbocycles. The van der Waals surface area contributed by atoms with Crippen molar-refractivity contribution in [1.29, 1.82) is 0 Å². The molecule has 44 heavy (non-hydrogen) atoms. The highest BCUT2D eigenvalue weighted by Crippen LogP contribution is 2.32. The average molecular weight is 650 g/mol. The number of halogens is 2. The Bertz CT molecular complexity index is 1280. The number of rotatable bonds is 12. The predicted octanol–water partition coefficient (Wildman–Crippen LogP) is 3.73. The Morgan fingerprint density at radius 3 is 1.39 bits per heavy atom. The number of hydrogen-bond acceptors (Lipinski definition) is 10. The molecule has 0 N–H and O–H groups in total. The molecule has 4 rings (SSSR count). The van der Waals surface area contributed by atoms with Crippen LogP contribution in [0.15, 0.2) is 36.4 Å². The zero-order chi connectivity index (χ0) is 32.0. The van der Waals surface area contributed by atoms with Gasteiger partial charge in [-0.05, 0) is 62.6 Å². The molecule has 2 amide bonds. The van der Waals surface area contributed by atoms with E-state index in [0.717, 1.165) is 26.2 Å². The fourth-order valence-corrected chi connectivity index (χ4v) is 5.45. The second kappa shape index (κ2) is 14.9. The second-order valence-corrected chi connectivity index (χ2v) is 11.2. The molecule has 2 aliphatic rings. The van der Waals surface area contributed by atoms with Gasteiger partial charge >= 0.3 is 11.9 Å². The fraction of sp³-hybridized carbons (Fsp3) is 0.467. The van der Waals surface area contributed by atoms with Crippen LogP contribution in [0.4, 0.5) is 11.4 Å². The summed E-state index contributed by atoms with van der Waals surface area (Å²) in [5.74, 6) is -3.12. The average Bonchev–Trinajstić information content (AvgIpc) is 3.01. The van der Waals surface area contributed by atoms with Gasteiger partial charge < -0.3 is 29.3 Å². The minimum atomic E-state index is -1.30. The number of anilines is 2. The van der Waals surface area contributed by atoms with E-state index in [2.05, 4.69) is 9.80 Å². The first-order valence-corrected chi connectivity index (χ1v) is 15.5. The van der Waals surface area contributed by atoms with Crippen molar-refractivity contribution in [3.05, 3.63) is 57.6 Å². The Labute approximate surface area is 267 Å². The first-order valence-electron chi connectivity index (χ1n) is 14.7. The molecule has 0 aromatic heterocycles. The van der Waals surface area contributed by atoms with Gasteiger partial charge in [-0.1, -0.05) is 50.9 Å². The van der Waals surface area contributed by atoms with Gasteiger partial charge in [-0.15, -0.1) is 0 Å². The summed E-state index contributed by atoms with van der Waals surface area (Å²) in [6, 6.07) is 9.25. The zero-order valence-corrected chi connectivity index (χ0v) is 26.9. The SMILES string of the molecule is CCN(CC)CCN1CN(OC(=O)C(=O)ON2CN(CCN(CC)CC)C(=O)c3cc(Cl)ccc32)c2ccc(Cl)cc2C1=O. The number of fused-ring (bicyclic) bond motifs is 2. The van der Waals surface area contributed by atoms with Gasteiger partial charge in [0.1, 0.15) is 13.3 Å². The van der Waals surface area contributed by atoms with E-state index >= 15 is 0 Å². The first-order chi connectivity index (χ1) is 21.1. The van der Waals surface area contributed by atoms with Gasteiger partial charge in [0.2, 0.25) is 0 Å². The van der Waals surface area contributed by atoms with Crippen LogP contribution in [0.2, 0.25) is 10.0 Å². The molecule has 2 aromatic rings. The van der Waals surface area contributed by atoms with Crippen molar-refractivity contribution in [2.75, 3.05) is 75.8 Å². The van der Waals surface area contributed by atoms with E-state index in [-0.39, 0.29) is 36.3 Å². The molecule has 14 heteroatoms.